The molecule has 0 aromatic carbocycles. The number of aromatic nitrogens is 1. The molecule has 1 aliphatic rings. The van der Waals surface area contributed by atoms with Crippen LogP contribution in [0.3, 0.4) is 0 Å². The standard InChI is InChI=1S/C16H24ClN3O3/c1-16(2,3-6-21)11-19-14-13(17)9-12(10-18-14)15(22)20-4-7-23-8-5-20/h9-10,21H,3-8,11H2,1-2H3,(H,18,19). The van der Waals surface area contributed by atoms with Crippen LogP contribution in [0.4, 0.5) is 5.82 Å². The third-order valence-electron chi connectivity index (χ3n) is 3.91. The molecule has 1 fully saturated rings. The van der Waals surface area contributed by atoms with Gasteiger partial charge in [-0.15, -0.1) is 0 Å². The summed E-state index contributed by atoms with van der Waals surface area (Å²) in [6.07, 6.45) is 2.23. The van der Waals surface area contributed by atoms with Crippen molar-refractivity contribution in [3.8, 4) is 0 Å². The first-order chi connectivity index (χ1) is 10.9. The molecule has 128 valence electrons. The molecule has 0 spiro atoms. The summed E-state index contributed by atoms with van der Waals surface area (Å²) in [4.78, 5) is 18.4. The molecule has 0 bridgehead atoms. The van der Waals surface area contributed by atoms with Crippen LogP contribution >= 0.6 is 11.6 Å². The largest absolute Gasteiger partial charge is 0.396 e. The van der Waals surface area contributed by atoms with E-state index < -0.39 is 0 Å². The highest BCUT2D eigenvalue weighted by Gasteiger charge is 2.21. The maximum absolute atomic E-state index is 12.4. The fourth-order valence-electron chi connectivity index (χ4n) is 2.35. The van der Waals surface area contributed by atoms with Gasteiger partial charge >= 0.3 is 0 Å². The van der Waals surface area contributed by atoms with Crippen LogP contribution in [-0.4, -0.2) is 60.4 Å². The second kappa shape index (κ2) is 7.95. The fraction of sp³-hybridized carbons (Fsp3) is 0.625. The number of rotatable bonds is 6. The Kier molecular flexibility index (Phi) is 6.21. The Hall–Kier alpha value is -1.37. The smallest absolute Gasteiger partial charge is 0.255 e. The monoisotopic (exact) mass is 341 g/mol. The van der Waals surface area contributed by atoms with Crippen LogP contribution in [0.5, 0.6) is 0 Å². The van der Waals surface area contributed by atoms with Gasteiger partial charge in [-0.1, -0.05) is 25.4 Å². The highest BCUT2D eigenvalue weighted by atomic mass is 35.5. The highest BCUT2D eigenvalue weighted by Crippen LogP contribution is 2.25. The summed E-state index contributed by atoms with van der Waals surface area (Å²) >= 11 is 6.25. The fourth-order valence-corrected chi connectivity index (χ4v) is 2.58. The first-order valence-corrected chi connectivity index (χ1v) is 8.18. The van der Waals surface area contributed by atoms with Crippen molar-refractivity contribution in [3.63, 3.8) is 0 Å². The normalized spacial score (nSPS) is 15.6. The Bertz CT molecular complexity index is 545. The number of morpholine rings is 1. The second-order valence-corrected chi connectivity index (χ2v) is 6.86. The summed E-state index contributed by atoms with van der Waals surface area (Å²) in [5.41, 5.74) is 0.416. The number of carbonyl (C=O) groups excluding carboxylic acids is 1. The van der Waals surface area contributed by atoms with E-state index in [1.165, 1.54) is 0 Å². The maximum atomic E-state index is 12.4. The van der Waals surface area contributed by atoms with Gasteiger partial charge in [0, 0.05) is 32.4 Å². The molecule has 2 heterocycles. The van der Waals surface area contributed by atoms with E-state index in [0.717, 1.165) is 0 Å². The van der Waals surface area contributed by atoms with Gasteiger partial charge in [0.1, 0.15) is 5.82 Å². The second-order valence-electron chi connectivity index (χ2n) is 6.45. The van der Waals surface area contributed by atoms with Gasteiger partial charge in [0.2, 0.25) is 0 Å². The summed E-state index contributed by atoms with van der Waals surface area (Å²) in [7, 11) is 0. The number of hydrogen-bond donors (Lipinski definition) is 2. The van der Waals surface area contributed by atoms with E-state index in [9.17, 15) is 4.79 Å². The minimum Gasteiger partial charge on any atom is -0.396 e. The Morgan fingerprint density at radius 3 is 2.78 bits per heavy atom. The van der Waals surface area contributed by atoms with Gasteiger partial charge in [-0.25, -0.2) is 4.98 Å². The first kappa shape index (κ1) is 18.0. The quantitative estimate of drug-likeness (QED) is 0.828. The van der Waals surface area contributed by atoms with Crippen molar-refractivity contribution in [3.05, 3.63) is 22.8 Å². The van der Waals surface area contributed by atoms with Crippen LogP contribution in [0, 0.1) is 5.41 Å². The number of halogens is 1. The van der Waals surface area contributed by atoms with Crippen molar-refractivity contribution in [2.45, 2.75) is 20.3 Å². The van der Waals surface area contributed by atoms with E-state index in [1.807, 2.05) is 0 Å². The van der Waals surface area contributed by atoms with Crippen molar-refractivity contribution >= 4 is 23.3 Å². The van der Waals surface area contributed by atoms with Gasteiger partial charge in [0.05, 0.1) is 23.8 Å². The molecular formula is C16H24ClN3O3. The van der Waals surface area contributed by atoms with Gasteiger partial charge in [-0.3, -0.25) is 4.79 Å². The molecule has 2 N–H and O–H groups in total. The van der Waals surface area contributed by atoms with Crippen LogP contribution < -0.4 is 5.32 Å². The Labute approximate surface area is 141 Å². The third kappa shape index (κ3) is 5.06. The van der Waals surface area contributed by atoms with E-state index in [-0.39, 0.29) is 17.9 Å². The lowest BCUT2D eigenvalue weighted by Gasteiger charge is -2.27. The van der Waals surface area contributed by atoms with Crippen LogP contribution in [0.15, 0.2) is 12.3 Å². The highest BCUT2D eigenvalue weighted by molar-refractivity contribution is 6.33. The minimum atomic E-state index is -0.0742. The van der Waals surface area contributed by atoms with Gasteiger partial charge in [0.25, 0.3) is 5.91 Å². The lowest BCUT2D eigenvalue weighted by atomic mass is 9.90. The number of nitrogens with one attached hydrogen (secondary N) is 1. The molecule has 1 saturated heterocycles. The number of ether oxygens (including phenoxy) is 1. The molecule has 7 heteroatoms. The molecule has 1 aliphatic heterocycles. The number of nitrogens with zero attached hydrogens (tertiary/aromatic N) is 2. The number of aliphatic hydroxyl groups is 1. The number of aliphatic hydroxyl groups excluding tert-OH is 1. The zero-order valence-corrected chi connectivity index (χ0v) is 14.4. The first-order valence-electron chi connectivity index (χ1n) is 7.80. The number of hydrogen-bond acceptors (Lipinski definition) is 5. The van der Waals surface area contributed by atoms with E-state index >= 15 is 0 Å². The molecule has 0 aliphatic carbocycles. The molecular weight excluding hydrogens is 318 g/mol. The van der Waals surface area contributed by atoms with Crippen LogP contribution in [0.1, 0.15) is 30.6 Å². The van der Waals surface area contributed by atoms with Crippen molar-refractivity contribution in [1.29, 1.82) is 0 Å². The summed E-state index contributed by atoms with van der Waals surface area (Å²) < 4.78 is 5.25. The molecule has 0 unspecified atom stereocenters. The molecule has 0 atom stereocenters. The lowest BCUT2D eigenvalue weighted by Crippen LogP contribution is -2.40. The molecule has 6 nitrogen and oxygen atoms in total. The van der Waals surface area contributed by atoms with Gasteiger partial charge < -0.3 is 20.1 Å². The van der Waals surface area contributed by atoms with Crippen LogP contribution in [0.25, 0.3) is 0 Å². The topological polar surface area (TPSA) is 74.7 Å². The zero-order valence-electron chi connectivity index (χ0n) is 13.6. The van der Waals surface area contributed by atoms with E-state index in [2.05, 4.69) is 24.1 Å². The van der Waals surface area contributed by atoms with Crippen molar-refractivity contribution in [2.75, 3.05) is 44.8 Å². The predicted molar refractivity (Wildman–Crippen MR) is 89.9 cm³/mol. The number of anilines is 1. The Balaban J connectivity index is 2.01. The molecule has 0 saturated carbocycles. The molecule has 23 heavy (non-hydrogen) atoms. The van der Waals surface area contributed by atoms with Crippen molar-refractivity contribution < 1.29 is 14.6 Å². The third-order valence-corrected chi connectivity index (χ3v) is 4.20. The molecule has 1 aromatic heterocycles. The summed E-state index contributed by atoms with van der Waals surface area (Å²) in [5, 5.41) is 12.7. The predicted octanol–water partition coefficient (Wildman–Crippen LogP) is 2.03. The average Bonchev–Trinajstić information content (AvgIpc) is 2.54. The summed E-state index contributed by atoms with van der Waals surface area (Å²) in [5.74, 6) is 0.478. The summed E-state index contributed by atoms with van der Waals surface area (Å²) in [6.45, 7) is 7.19. The lowest BCUT2D eigenvalue weighted by molar-refractivity contribution is 0.0302. The molecule has 0 radical (unpaired) electrons. The number of pyridine rings is 1. The van der Waals surface area contributed by atoms with Crippen molar-refractivity contribution in [1.82, 2.24) is 9.88 Å². The van der Waals surface area contributed by atoms with Crippen LogP contribution in [-0.2, 0) is 4.74 Å². The average molecular weight is 342 g/mol. The number of amides is 1. The minimum absolute atomic E-state index is 0.0674. The van der Waals surface area contributed by atoms with Crippen molar-refractivity contribution in [2.24, 2.45) is 5.41 Å². The Morgan fingerprint density at radius 2 is 2.17 bits per heavy atom. The van der Waals surface area contributed by atoms with Gasteiger partial charge in [0.15, 0.2) is 0 Å². The number of carbonyl (C=O) groups is 1. The SMILES string of the molecule is CC(C)(CCO)CNc1ncc(C(=O)N2CCOCC2)cc1Cl. The molecule has 2 rings (SSSR count). The van der Waals surface area contributed by atoms with Crippen LogP contribution in [0.2, 0.25) is 5.02 Å². The van der Waals surface area contributed by atoms with E-state index in [0.29, 0.717) is 55.7 Å². The van der Waals surface area contributed by atoms with Gasteiger partial charge in [-0.05, 0) is 17.9 Å². The molecule has 1 amide bonds. The summed E-state index contributed by atoms with van der Waals surface area (Å²) in [6, 6.07) is 1.65. The maximum Gasteiger partial charge on any atom is 0.255 e. The molecule has 1 aromatic rings. The van der Waals surface area contributed by atoms with Gasteiger partial charge in [-0.2, -0.15) is 0 Å². The Morgan fingerprint density at radius 1 is 1.48 bits per heavy atom. The van der Waals surface area contributed by atoms with E-state index in [1.54, 1.807) is 17.2 Å². The van der Waals surface area contributed by atoms with E-state index in [4.69, 9.17) is 21.4 Å². The zero-order chi connectivity index (χ0) is 16.9.